The maximum Gasteiger partial charge on any atom is 0.316 e. The van der Waals surface area contributed by atoms with E-state index >= 15 is 0 Å². The van der Waals surface area contributed by atoms with Crippen molar-refractivity contribution in [3.8, 4) is 5.75 Å². The molecule has 2 aliphatic rings. The normalized spacial score (nSPS) is 20.7. The summed E-state index contributed by atoms with van der Waals surface area (Å²) in [6, 6.07) is 4.39. The Bertz CT molecular complexity index is 1360. The third kappa shape index (κ3) is 4.94. The maximum absolute atomic E-state index is 14.4. The number of amides is 2. The van der Waals surface area contributed by atoms with Gasteiger partial charge in [-0.2, -0.15) is 0 Å². The molecule has 0 saturated heterocycles. The van der Waals surface area contributed by atoms with Gasteiger partial charge in [-0.1, -0.05) is 23.7 Å². The average Bonchev–Trinajstić information content (AvgIpc) is 2.82. The SMILES string of the molecule is COC[C@H]1C[C@@]2(CN(C)C(=O)c3c(OC(=O)C(C)(C)C)c(=O)c(C(=O)NCc4cccc(Cl)c4F)cn32)C1. The second kappa shape index (κ2) is 10.1. The van der Waals surface area contributed by atoms with Gasteiger partial charge in [0.25, 0.3) is 11.8 Å². The molecule has 2 aromatic rings. The molecule has 1 N–H and O–H groups in total. The molecule has 0 radical (unpaired) electrons. The number of halogens is 2. The number of hydrogen-bond donors (Lipinski definition) is 1. The van der Waals surface area contributed by atoms with E-state index in [0.29, 0.717) is 26.0 Å². The zero-order valence-electron chi connectivity index (χ0n) is 22.0. The molecule has 1 fully saturated rings. The van der Waals surface area contributed by atoms with Crippen LogP contribution in [0.2, 0.25) is 5.02 Å². The molecule has 11 heteroatoms. The van der Waals surface area contributed by atoms with Crippen molar-refractivity contribution in [1.82, 2.24) is 14.8 Å². The summed E-state index contributed by atoms with van der Waals surface area (Å²) in [5.41, 5.74) is -2.74. The van der Waals surface area contributed by atoms with E-state index in [1.54, 1.807) is 45.6 Å². The number of carbonyl (C=O) groups excluding carboxylic acids is 3. The quantitative estimate of drug-likeness (QED) is 0.556. The highest BCUT2D eigenvalue weighted by molar-refractivity contribution is 6.30. The summed E-state index contributed by atoms with van der Waals surface area (Å²) in [6.07, 6.45) is 2.62. The third-order valence-electron chi connectivity index (χ3n) is 7.02. The lowest BCUT2D eigenvalue weighted by atomic mass is 9.67. The van der Waals surface area contributed by atoms with E-state index in [4.69, 9.17) is 21.1 Å². The summed E-state index contributed by atoms with van der Waals surface area (Å²) in [5, 5.41) is 2.45. The number of pyridine rings is 1. The van der Waals surface area contributed by atoms with Gasteiger partial charge in [-0.3, -0.25) is 19.2 Å². The van der Waals surface area contributed by atoms with Crippen LogP contribution in [0.25, 0.3) is 0 Å². The first-order valence-electron chi connectivity index (χ1n) is 12.3. The van der Waals surface area contributed by atoms with Crippen molar-refractivity contribution in [2.45, 2.75) is 45.7 Å². The number of benzene rings is 1. The number of nitrogens with zero attached hydrogens (tertiary/aromatic N) is 2. The Morgan fingerprint density at radius 2 is 1.92 bits per heavy atom. The Hall–Kier alpha value is -3.24. The minimum absolute atomic E-state index is 0.0744. The first-order valence-corrected chi connectivity index (χ1v) is 12.6. The summed E-state index contributed by atoms with van der Waals surface area (Å²) in [6.45, 7) is 5.50. The van der Waals surface area contributed by atoms with Crippen molar-refractivity contribution < 1.29 is 28.2 Å². The van der Waals surface area contributed by atoms with Crippen LogP contribution < -0.4 is 15.5 Å². The predicted molar refractivity (Wildman–Crippen MR) is 138 cm³/mol. The van der Waals surface area contributed by atoms with Crippen molar-refractivity contribution in [1.29, 1.82) is 0 Å². The summed E-state index contributed by atoms with van der Waals surface area (Å²) in [4.78, 5) is 54.5. The van der Waals surface area contributed by atoms with Gasteiger partial charge in [0.05, 0.1) is 16.0 Å². The van der Waals surface area contributed by atoms with E-state index in [2.05, 4.69) is 5.32 Å². The number of rotatable bonds is 6. The van der Waals surface area contributed by atoms with Crippen molar-refractivity contribution in [2.24, 2.45) is 11.3 Å². The van der Waals surface area contributed by atoms with Crippen LogP contribution in [-0.2, 0) is 21.6 Å². The van der Waals surface area contributed by atoms with Gasteiger partial charge < -0.3 is 24.3 Å². The second-order valence-electron chi connectivity index (χ2n) is 11.1. The lowest BCUT2D eigenvalue weighted by Gasteiger charge is -2.54. The standard InChI is InChI=1S/C27H31ClFN3O6/c1-26(2,3)25(36)38-22-20-24(35)31(4)14-27(9-15(10-27)13-37-5)32(20)12-17(21(22)33)23(34)30-11-16-7-6-8-18(28)19(16)29/h6-8,12,15H,9-11,13-14H2,1-5H3,(H,30,34)/t15-,27-. The molecular formula is C27H31ClFN3O6. The first kappa shape index (κ1) is 27.8. The van der Waals surface area contributed by atoms with Crippen molar-refractivity contribution >= 4 is 29.4 Å². The Labute approximate surface area is 224 Å². The predicted octanol–water partition coefficient (Wildman–Crippen LogP) is 3.36. The molecule has 1 aromatic carbocycles. The van der Waals surface area contributed by atoms with E-state index < -0.39 is 45.7 Å². The summed E-state index contributed by atoms with van der Waals surface area (Å²) in [5.74, 6) is -2.96. The Morgan fingerprint density at radius 1 is 1.24 bits per heavy atom. The molecule has 2 heterocycles. The maximum atomic E-state index is 14.4. The average molecular weight is 548 g/mol. The molecule has 1 aromatic heterocycles. The van der Waals surface area contributed by atoms with Gasteiger partial charge in [0.1, 0.15) is 11.4 Å². The molecule has 204 valence electrons. The number of carbonyl (C=O) groups is 3. The number of likely N-dealkylation sites (N-methyl/N-ethyl adjacent to an activating group) is 1. The number of esters is 1. The van der Waals surface area contributed by atoms with E-state index in [0.717, 1.165) is 0 Å². The lowest BCUT2D eigenvalue weighted by Crippen LogP contribution is -2.60. The van der Waals surface area contributed by atoms with Gasteiger partial charge in [0.15, 0.2) is 5.69 Å². The summed E-state index contributed by atoms with van der Waals surface area (Å²) in [7, 11) is 3.23. The van der Waals surface area contributed by atoms with Gasteiger partial charge in [-0.25, -0.2) is 4.39 Å². The zero-order valence-corrected chi connectivity index (χ0v) is 22.8. The molecule has 9 nitrogen and oxygen atoms in total. The Kier molecular flexibility index (Phi) is 7.42. The number of methoxy groups -OCH3 is 1. The highest BCUT2D eigenvalue weighted by Crippen LogP contribution is 2.48. The van der Waals surface area contributed by atoms with Crippen LogP contribution >= 0.6 is 11.6 Å². The molecule has 2 amide bonds. The fraction of sp³-hybridized carbons (Fsp3) is 0.481. The van der Waals surface area contributed by atoms with Crippen molar-refractivity contribution in [3.63, 3.8) is 0 Å². The molecule has 1 spiro atoms. The van der Waals surface area contributed by atoms with Crippen LogP contribution in [0.15, 0.2) is 29.2 Å². The van der Waals surface area contributed by atoms with Crippen molar-refractivity contribution in [3.05, 3.63) is 62.3 Å². The number of nitrogens with one attached hydrogen (secondary N) is 1. The van der Waals surface area contributed by atoms with Gasteiger partial charge >= 0.3 is 5.97 Å². The third-order valence-corrected chi connectivity index (χ3v) is 7.31. The Balaban J connectivity index is 1.80. The van der Waals surface area contributed by atoms with Crippen LogP contribution in [0.5, 0.6) is 5.75 Å². The zero-order chi connectivity index (χ0) is 28.0. The minimum atomic E-state index is -0.978. The molecule has 0 atom stereocenters. The van der Waals surface area contributed by atoms with Gasteiger partial charge in [-0.05, 0) is 45.6 Å². The first-order chi connectivity index (χ1) is 17.8. The molecule has 1 saturated carbocycles. The van der Waals surface area contributed by atoms with Crippen LogP contribution in [0.1, 0.15) is 60.0 Å². The molecule has 38 heavy (non-hydrogen) atoms. The highest BCUT2D eigenvalue weighted by atomic mass is 35.5. The molecule has 0 unspecified atom stereocenters. The number of ether oxygens (including phenoxy) is 2. The smallest absolute Gasteiger partial charge is 0.316 e. The van der Waals surface area contributed by atoms with Crippen LogP contribution in [0.3, 0.4) is 0 Å². The highest BCUT2D eigenvalue weighted by Gasteiger charge is 2.52. The molecule has 0 bridgehead atoms. The summed E-state index contributed by atoms with van der Waals surface area (Å²) >= 11 is 5.84. The summed E-state index contributed by atoms with van der Waals surface area (Å²) < 4.78 is 26.8. The molecular weight excluding hydrogens is 517 g/mol. The number of fused-ring (bicyclic) bond motifs is 2. The largest absolute Gasteiger partial charge is 0.419 e. The van der Waals surface area contributed by atoms with Crippen LogP contribution in [0, 0.1) is 17.2 Å². The van der Waals surface area contributed by atoms with Crippen LogP contribution in [0.4, 0.5) is 4.39 Å². The van der Waals surface area contributed by atoms with Gasteiger partial charge in [0.2, 0.25) is 11.2 Å². The fourth-order valence-electron chi connectivity index (χ4n) is 5.09. The van der Waals surface area contributed by atoms with E-state index in [1.807, 2.05) is 0 Å². The number of hydrogen-bond acceptors (Lipinski definition) is 6. The van der Waals surface area contributed by atoms with Crippen LogP contribution in [-0.4, -0.2) is 54.6 Å². The Morgan fingerprint density at radius 3 is 2.55 bits per heavy atom. The number of aromatic nitrogens is 1. The van der Waals surface area contributed by atoms with Gasteiger partial charge in [-0.15, -0.1) is 0 Å². The molecule has 1 aliphatic heterocycles. The molecule has 1 aliphatic carbocycles. The van der Waals surface area contributed by atoms with Gasteiger partial charge in [0, 0.05) is 45.6 Å². The second-order valence-corrected chi connectivity index (χ2v) is 11.5. The van der Waals surface area contributed by atoms with Crippen molar-refractivity contribution in [2.75, 3.05) is 27.3 Å². The molecule has 4 rings (SSSR count). The topological polar surface area (TPSA) is 107 Å². The fourth-order valence-corrected chi connectivity index (χ4v) is 5.28. The lowest BCUT2D eigenvalue weighted by molar-refractivity contribution is -0.143. The monoisotopic (exact) mass is 547 g/mol. The minimum Gasteiger partial charge on any atom is -0.419 e. The van der Waals surface area contributed by atoms with E-state index in [9.17, 15) is 23.6 Å². The van der Waals surface area contributed by atoms with E-state index in [-0.39, 0.29) is 34.3 Å². The van der Waals surface area contributed by atoms with E-state index in [1.165, 1.54) is 23.2 Å².